The van der Waals surface area contributed by atoms with E-state index in [-0.39, 0.29) is 0 Å². The second-order valence-electron chi connectivity index (χ2n) is 5.60. The molecule has 0 saturated carbocycles. The minimum Gasteiger partial charge on any atom is -0.478 e. The van der Waals surface area contributed by atoms with Crippen molar-refractivity contribution in [2.75, 3.05) is 13.1 Å². The van der Waals surface area contributed by atoms with Crippen LogP contribution in [0.15, 0.2) is 24.3 Å². The minimum atomic E-state index is -0.830. The molecule has 1 saturated heterocycles. The van der Waals surface area contributed by atoms with Crippen LogP contribution in [0.4, 0.5) is 0 Å². The average Bonchev–Trinajstić information content (AvgIpc) is 2.27. The molecule has 2 atom stereocenters. The van der Waals surface area contributed by atoms with E-state index in [0.717, 1.165) is 25.2 Å². The predicted octanol–water partition coefficient (Wildman–Crippen LogP) is 2.86. The van der Waals surface area contributed by atoms with Crippen LogP contribution in [0.5, 0.6) is 0 Å². The fraction of sp³-hybridized carbons (Fsp3) is 0.533. The van der Waals surface area contributed by atoms with E-state index in [0.29, 0.717) is 17.4 Å². The zero-order chi connectivity index (χ0) is 13.1. The van der Waals surface area contributed by atoms with Gasteiger partial charge in [-0.2, -0.15) is 0 Å². The fourth-order valence-corrected chi connectivity index (χ4v) is 3.03. The summed E-state index contributed by atoms with van der Waals surface area (Å²) in [4.78, 5) is 13.5. The van der Waals surface area contributed by atoms with E-state index in [1.54, 1.807) is 12.1 Å². The zero-order valence-electron chi connectivity index (χ0n) is 11.1. The van der Waals surface area contributed by atoms with Gasteiger partial charge in [-0.05, 0) is 29.9 Å². The van der Waals surface area contributed by atoms with Gasteiger partial charge >= 0.3 is 5.97 Å². The van der Waals surface area contributed by atoms with Crippen molar-refractivity contribution in [3.63, 3.8) is 0 Å². The summed E-state index contributed by atoms with van der Waals surface area (Å²) >= 11 is 0. The molecule has 1 aromatic rings. The van der Waals surface area contributed by atoms with E-state index in [2.05, 4.69) is 18.7 Å². The smallest absolute Gasteiger partial charge is 0.336 e. The first kappa shape index (κ1) is 13.1. The standard InChI is InChI=1S/C15H21NO2/c1-11-7-12(2)9-16(8-11)10-13-5-3-4-6-14(13)15(17)18/h3-6,11-12H,7-10H2,1-2H3,(H,17,18)/t11-,12-/m0/s1. The molecular weight excluding hydrogens is 226 g/mol. The lowest BCUT2D eigenvalue weighted by Crippen LogP contribution is -2.38. The molecule has 2 rings (SSSR count). The van der Waals surface area contributed by atoms with Crippen LogP contribution in [0.1, 0.15) is 36.2 Å². The van der Waals surface area contributed by atoms with Crippen LogP contribution >= 0.6 is 0 Å². The number of carboxylic acids is 1. The Morgan fingerprint density at radius 3 is 2.50 bits per heavy atom. The largest absolute Gasteiger partial charge is 0.478 e. The van der Waals surface area contributed by atoms with Crippen LogP contribution in [-0.2, 0) is 6.54 Å². The monoisotopic (exact) mass is 247 g/mol. The van der Waals surface area contributed by atoms with Gasteiger partial charge in [0.25, 0.3) is 0 Å². The van der Waals surface area contributed by atoms with Gasteiger partial charge < -0.3 is 5.11 Å². The number of aromatic carboxylic acids is 1. The SMILES string of the molecule is C[C@H]1C[C@H](C)CN(Cc2ccccc2C(=O)O)C1. The van der Waals surface area contributed by atoms with E-state index in [1.165, 1.54) is 6.42 Å². The molecular formula is C15H21NO2. The molecule has 1 aliphatic rings. The summed E-state index contributed by atoms with van der Waals surface area (Å²) in [6.07, 6.45) is 1.27. The van der Waals surface area contributed by atoms with Gasteiger partial charge in [0.2, 0.25) is 0 Å². The van der Waals surface area contributed by atoms with Gasteiger partial charge in [-0.25, -0.2) is 4.79 Å². The Morgan fingerprint density at radius 2 is 1.89 bits per heavy atom. The summed E-state index contributed by atoms with van der Waals surface area (Å²) in [6, 6.07) is 7.31. The van der Waals surface area contributed by atoms with Crippen molar-refractivity contribution in [2.45, 2.75) is 26.8 Å². The molecule has 1 aliphatic heterocycles. The van der Waals surface area contributed by atoms with Gasteiger partial charge in [0.15, 0.2) is 0 Å². The summed E-state index contributed by atoms with van der Waals surface area (Å²) in [5.74, 6) is 0.570. The Bertz CT molecular complexity index is 420. The average molecular weight is 247 g/mol. The van der Waals surface area contributed by atoms with Crippen molar-refractivity contribution in [1.29, 1.82) is 0 Å². The number of carbonyl (C=O) groups is 1. The predicted molar refractivity (Wildman–Crippen MR) is 71.6 cm³/mol. The van der Waals surface area contributed by atoms with Crippen LogP contribution < -0.4 is 0 Å². The lowest BCUT2D eigenvalue weighted by molar-refractivity contribution is 0.0693. The third kappa shape index (κ3) is 3.10. The lowest BCUT2D eigenvalue weighted by Gasteiger charge is -2.35. The molecule has 0 radical (unpaired) electrons. The van der Waals surface area contributed by atoms with Gasteiger partial charge in [-0.15, -0.1) is 0 Å². The Labute approximate surface area is 108 Å². The highest BCUT2D eigenvalue weighted by Gasteiger charge is 2.22. The highest BCUT2D eigenvalue weighted by molar-refractivity contribution is 5.89. The number of hydrogen-bond acceptors (Lipinski definition) is 2. The van der Waals surface area contributed by atoms with Crippen LogP contribution in [0.3, 0.4) is 0 Å². The molecule has 0 aliphatic carbocycles. The molecule has 1 aromatic carbocycles. The van der Waals surface area contributed by atoms with Crippen LogP contribution in [0.2, 0.25) is 0 Å². The number of rotatable bonds is 3. The summed E-state index contributed by atoms with van der Waals surface area (Å²) in [5, 5.41) is 9.18. The van der Waals surface area contributed by atoms with Crippen molar-refractivity contribution in [2.24, 2.45) is 11.8 Å². The molecule has 3 heteroatoms. The zero-order valence-corrected chi connectivity index (χ0v) is 11.1. The van der Waals surface area contributed by atoms with Crippen molar-refractivity contribution in [3.05, 3.63) is 35.4 Å². The molecule has 0 amide bonds. The van der Waals surface area contributed by atoms with E-state index >= 15 is 0 Å². The van der Waals surface area contributed by atoms with Gasteiger partial charge in [0.05, 0.1) is 5.56 Å². The molecule has 0 bridgehead atoms. The molecule has 1 N–H and O–H groups in total. The molecule has 3 nitrogen and oxygen atoms in total. The molecule has 18 heavy (non-hydrogen) atoms. The summed E-state index contributed by atoms with van der Waals surface area (Å²) in [5.41, 5.74) is 1.36. The van der Waals surface area contributed by atoms with E-state index in [9.17, 15) is 9.90 Å². The number of likely N-dealkylation sites (tertiary alicyclic amines) is 1. The second-order valence-corrected chi connectivity index (χ2v) is 5.60. The first-order chi connectivity index (χ1) is 8.56. The molecule has 0 unspecified atom stereocenters. The summed E-state index contributed by atoms with van der Waals surface area (Å²) in [7, 11) is 0. The lowest BCUT2D eigenvalue weighted by atomic mass is 9.91. The first-order valence-corrected chi connectivity index (χ1v) is 6.60. The van der Waals surface area contributed by atoms with Gasteiger partial charge in [-0.1, -0.05) is 32.0 Å². The second kappa shape index (κ2) is 5.53. The van der Waals surface area contributed by atoms with Gasteiger partial charge in [0.1, 0.15) is 0 Å². The van der Waals surface area contributed by atoms with Crippen LogP contribution in [-0.4, -0.2) is 29.1 Å². The Hall–Kier alpha value is -1.35. The number of carboxylic acid groups (broad SMARTS) is 1. The number of benzene rings is 1. The maximum absolute atomic E-state index is 11.2. The number of hydrogen-bond donors (Lipinski definition) is 1. The van der Waals surface area contributed by atoms with E-state index in [4.69, 9.17) is 0 Å². The fourth-order valence-electron chi connectivity index (χ4n) is 3.03. The number of nitrogens with zero attached hydrogens (tertiary/aromatic N) is 1. The molecule has 1 fully saturated rings. The minimum absolute atomic E-state index is 0.434. The van der Waals surface area contributed by atoms with Gasteiger partial charge in [0, 0.05) is 19.6 Å². The van der Waals surface area contributed by atoms with E-state index in [1.807, 2.05) is 12.1 Å². The normalized spacial score (nSPS) is 25.0. The summed E-state index contributed by atoms with van der Waals surface area (Å²) < 4.78 is 0. The third-order valence-electron chi connectivity index (χ3n) is 3.59. The molecule has 98 valence electrons. The Balaban J connectivity index is 2.11. The third-order valence-corrected chi connectivity index (χ3v) is 3.59. The van der Waals surface area contributed by atoms with Gasteiger partial charge in [-0.3, -0.25) is 4.90 Å². The maximum Gasteiger partial charge on any atom is 0.336 e. The van der Waals surface area contributed by atoms with Crippen molar-refractivity contribution >= 4 is 5.97 Å². The Kier molecular flexibility index (Phi) is 4.02. The van der Waals surface area contributed by atoms with Crippen molar-refractivity contribution in [3.8, 4) is 0 Å². The number of piperidine rings is 1. The highest BCUT2D eigenvalue weighted by atomic mass is 16.4. The quantitative estimate of drug-likeness (QED) is 0.893. The summed E-state index contributed by atoms with van der Waals surface area (Å²) in [6.45, 7) is 7.42. The van der Waals surface area contributed by atoms with E-state index < -0.39 is 5.97 Å². The molecule has 1 heterocycles. The van der Waals surface area contributed by atoms with Crippen molar-refractivity contribution < 1.29 is 9.90 Å². The van der Waals surface area contributed by atoms with Crippen LogP contribution in [0.25, 0.3) is 0 Å². The van der Waals surface area contributed by atoms with Crippen LogP contribution in [0, 0.1) is 11.8 Å². The molecule has 0 spiro atoms. The van der Waals surface area contributed by atoms with Crippen molar-refractivity contribution in [1.82, 2.24) is 4.90 Å². The topological polar surface area (TPSA) is 40.5 Å². The maximum atomic E-state index is 11.2. The molecule has 0 aromatic heterocycles. The Morgan fingerprint density at radius 1 is 1.28 bits per heavy atom. The highest BCUT2D eigenvalue weighted by Crippen LogP contribution is 2.23. The first-order valence-electron chi connectivity index (χ1n) is 6.60.